The number of benzene rings is 1. The van der Waals surface area contributed by atoms with Crippen LogP contribution in [-0.4, -0.2) is 36.7 Å². The lowest BCUT2D eigenvalue weighted by Gasteiger charge is -2.10. The van der Waals surface area contributed by atoms with Gasteiger partial charge in [0, 0.05) is 11.0 Å². The third-order valence-electron chi connectivity index (χ3n) is 2.37. The van der Waals surface area contributed by atoms with Crippen molar-refractivity contribution in [3.8, 4) is 0 Å². The molecule has 0 aliphatic heterocycles. The number of thioether (sulfide) groups is 1. The Hall–Kier alpha value is -1.82. The number of ether oxygens (including phenoxy) is 1. The van der Waals surface area contributed by atoms with Crippen molar-refractivity contribution in [1.82, 2.24) is 0 Å². The molecule has 24 heavy (non-hydrogen) atoms. The third-order valence-corrected chi connectivity index (χ3v) is 4.72. The van der Waals surface area contributed by atoms with Crippen LogP contribution in [0.4, 0.5) is 18.9 Å². The molecule has 0 aliphatic carbocycles. The summed E-state index contributed by atoms with van der Waals surface area (Å²) in [6, 6.07) is 1.95. The second-order valence-electron chi connectivity index (χ2n) is 4.73. The molecule has 1 rings (SSSR count). The number of rotatable bonds is 6. The second kappa shape index (κ2) is 7.38. The van der Waals surface area contributed by atoms with Gasteiger partial charge in [0.05, 0.1) is 11.0 Å². The summed E-state index contributed by atoms with van der Waals surface area (Å²) in [5.41, 5.74) is -5.73. The van der Waals surface area contributed by atoms with Gasteiger partial charge in [-0.15, -0.1) is 0 Å². The standard InChI is InChI=1S/C12H12F3NO6S2/c1-7(2)22-11(17)6-24(20,21)10-4-3-8(23-12(13,14)15)5-9(10)16(18)19/h3-5,7H,6H2,1-2H3. The van der Waals surface area contributed by atoms with Crippen molar-refractivity contribution in [1.29, 1.82) is 0 Å². The van der Waals surface area contributed by atoms with Gasteiger partial charge in [-0.25, -0.2) is 8.42 Å². The monoisotopic (exact) mass is 387 g/mol. The summed E-state index contributed by atoms with van der Waals surface area (Å²) >= 11 is -0.617. The first kappa shape index (κ1) is 20.2. The molecule has 0 unspecified atom stereocenters. The van der Waals surface area contributed by atoms with Crippen molar-refractivity contribution in [2.45, 2.75) is 35.3 Å². The molecule has 0 fully saturated rings. The Balaban J connectivity index is 3.23. The van der Waals surface area contributed by atoms with Gasteiger partial charge < -0.3 is 4.74 Å². The number of esters is 1. The summed E-state index contributed by atoms with van der Waals surface area (Å²) in [5.74, 6) is -2.27. The van der Waals surface area contributed by atoms with Crippen LogP contribution in [0.2, 0.25) is 0 Å². The predicted molar refractivity (Wildman–Crippen MR) is 78.3 cm³/mol. The van der Waals surface area contributed by atoms with Gasteiger partial charge in [-0.3, -0.25) is 14.9 Å². The second-order valence-corrected chi connectivity index (χ2v) is 7.83. The van der Waals surface area contributed by atoms with Crippen LogP contribution in [-0.2, 0) is 19.4 Å². The highest BCUT2D eigenvalue weighted by molar-refractivity contribution is 8.00. The van der Waals surface area contributed by atoms with Gasteiger partial charge in [0.25, 0.3) is 5.69 Å². The molecule has 0 radical (unpaired) electrons. The predicted octanol–water partition coefficient (Wildman–Crippen LogP) is 2.93. The number of carbonyl (C=O) groups is 1. The smallest absolute Gasteiger partial charge is 0.446 e. The summed E-state index contributed by atoms with van der Waals surface area (Å²) in [6.45, 7) is 2.96. The summed E-state index contributed by atoms with van der Waals surface area (Å²) in [7, 11) is -4.45. The molecule has 0 bridgehead atoms. The summed E-state index contributed by atoms with van der Waals surface area (Å²) < 4.78 is 65.8. The van der Waals surface area contributed by atoms with Crippen LogP contribution in [0.5, 0.6) is 0 Å². The van der Waals surface area contributed by atoms with E-state index in [4.69, 9.17) is 0 Å². The Labute approximate surface area is 139 Å². The van der Waals surface area contributed by atoms with E-state index in [0.29, 0.717) is 12.1 Å². The fraction of sp³-hybridized carbons (Fsp3) is 0.417. The van der Waals surface area contributed by atoms with Gasteiger partial charge in [0.1, 0.15) is 4.90 Å². The van der Waals surface area contributed by atoms with E-state index in [1.54, 1.807) is 0 Å². The quantitative estimate of drug-likeness (QED) is 0.320. The van der Waals surface area contributed by atoms with Crippen LogP contribution in [0, 0.1) is 10.1 Å². The normalized spacial score (nSPS) is 12.2. The first-order valence-corrected chi connectivity index (χ1v) is 8.75. The lowest BCUT2D eigenvalue weighted by atomic mass is 10.3. The number of nitro groups is 1. The fourth-order valence-corrected chi connectivity index (χ4v) is 3.47. The lowest BCUT2D eigenvalue weighted by Crippen LogP contribution is -2.22. The number of nitro benzene ring substituents is 1. The van der Waals surface area contributed by atoms with Gasteiger partial charge in [-0.05, 0) is 37.7 Å². The van der Waals surface area contributed by atoms with E-state index in [-0.39, 0.29) is 0 Å². The van der Waals surface area contributed by atoms with Crippen LogP contribution in [0.25, 0.3) is 0 Å². The number of sulfone groups is 1. The molecule has 0 amide bonds. The molecular formula is C12H12F3NO6S2. The van der Waals surface area contributed by atoms with Gasteiger partial charge in [0.15, 0.2) is 15.6 Å². The van der Waals surface area contributed by atoms with E-state index >= 15 is 0 Å². The number of hydrogen-bond donors (Lipinski definition) is 0. The number of alkyl halides is 3. The Morgan fingerprint density at radius 1 is 1.38 bits per heavy atom. The highest BCUT2D eigenvalue weighted by Crippen LogP contribution is 2.39. The zero-order valence-electron chi connectivity index (χ0n) is 12.4. The summed E-state index contributed by atoms with van der Waals surface area (Å²) in [5, 5.41) is 11.0. The highest BCUT2D eigenvalue weighted by Gasteiger charge is 2.33. The zero-order chi connectivity index (χ0) is 18.7. The van der Waals surface area contributed by atoms with Gasteiger partial charge in [0.2, 0.25) is 0 Å². The van der Waals surface area contributed by atoms with Crippen LogP contribution in [0.15, 0.2) is 28.0 Å². The van der Waals surface area contributed by atoms with Crippen molar-refractivity contribution in [2.75, 3.05) is 5.75 Å². The average Bonchev–Trinajstić information content (AvgIpc) is 2.34. The largest absolute Gasteiger partial charge is 0.462 e. The molecular weight excluding hydrogens is 375 g/mol. The molecule has 0 saturated heterocycles. The lowest BCUT2D eigenvalue weighted by molar-refractivity contribution is -0.388. The van der Waals surface area contributed by atoms with Gasteiger partial charge in [-0.2, -0.15) is 13.2 Å². The van der Waals surface area contributed by atoms with Gasteiger partial charge >= 0.3 is 11.5 Å². The minimum atomic E-state index is -4.69. The molecule has 1 aromatic rings. The third kappa shape index (κ3) is 6.00. The van der Waals surface area contributed by atoms with Crippen molar-refractivity contribution >= 4 is 33.3 Å². The minimum Gasteiger partial charge on any atom is -0.462 e. The maximum atomic E-state index is 12.3. The van der Waals surface area contributed by atoms with Crippen molar-refractivity contribution < 1.29 is 36.0 Å². The number of nitrogens with zero attached hydrogens (tertiary/aromatic N) is 1. The molecule has 7 nitrogen and oxygen atoms in total. The SMILES string of the molecule is CC(C)OC(=O)CS(=O)(=O)c1ccc(SC(F)(F)F)cc1[N+](=O)[O-]. The molecule has 12 heteroatoms. The minimum absolute atomic E-state index is 0.499. The first-order chi connectivity index (χ1) is 10.8. The molecule has 134 valence electrons. The molecule has 0 aliphatic rings. The van der Waals surface area contributed by atoms with Crippen molar-refractivity contribution in [3.63, 3.8) is 0 Å². The Kier molecular flexibility index (Phi) is 6.22. The van der Waals surface area contributed by atoms with E-state index in [1.165, 1.54) is 13.8 Å². The Bertz CT molecular complexity index is 746. The first-order valence-electron chi connectivity index (χ1n) is 6.28. The zero-order valence-corrected chi connectivity index (χ0v) is 14.0. The van der Waals surface area contributed by atoms with Crippen LogP contribution in [0.3, 0.4) is 0 Å². The van der Waals surface area contributed by atoms with Crippen LogP contribution < -0.4 is 0 Å². The molecule has 0 saturated carbocycles. The summed E-state index contributed by atoms with van der Waals surface area (Å²) in [6.07, 6.45) is -0.590. The van der Waals surface area contributed by atoms with Gasteiger partial charge in [-0.1, -0.05) is 0 Å². The Morgan fingerprint density at radius 2 is 1.96 bits per heavy atom. The maximum Gasteiger partial charge on any atom is 0.446 e. The highest BCUT2D eigenvalue weighted by atomic mass is 32.2. The van der Waals surface area contributed by atoms with E-state index in [0.717, 1.165) is 6.07 Å². The molecule has 1 aromatic carbocycles. The average molecular weight is 387 g/mol. The number of hydrogen-bond acceptors (Lipinski definition) is 7. The van der Waals surface area contributed by atoms with E-state index < -0.39 is 65.3 Å². The van der Waals surface area contributed by atoms with E-state index in [2.05, 4.69) is 4.74 Å². The van der Waals surface area contributed by atoms with Crippen LogP contribution in [0.1, 0.15) is 13.8 Å². The molecule has 0 spiro atoms. The summed E-state index contributed by atoms with van der Waals surface area (Å²) in [4.78, 5) is 19.9. The fourth-order valence-electron chi connectivity index (χ4n) is 1.63. The topological polar surface area (TPSA) is 104 Å². The molecule has 0 N–H and O–H groups in total. The van der Waals surface area contributed by atoms with Crippen molar-refractivity contribution in [2.24, 2.45) is 0 Å². The molecule has 0 atom stereocenters. The number of halogens is 3. The van der Waals surface area contributed by atoms with E-state index in [9.17, 15) is 36.5 Å². The Morgan fingerprint density at radius 3 is 2.42 bits per heavy atom. The molecule has 0 aromatic heterocycles. The maximum absolute atomic E-state index is 12.3. The van der Waals surface area contributed by atoms with Crippen molar-refractivity contribution in [3.05, 3.63) is 28.3 Å². The number of carbonyl (C=O) groups excluding carboxylic acids is 1. The van der Waals surface area contributed by atoms with Crippen LogP contribution >= 0.6 is 11.8 Å². The van der Waals surface area contributed by atoms with E-state index in [1.807, 2.05) is 0 Å². The molecule has 0 heterocycles.